The number of rotatable bonds is 4. The number of thiophene rings is 1. The minimum absolute atomic E-state index is 0.170. The van der Waals surface area contributed by atoms with E-state index in [-0.39, 0.29) is 12.1 Å². The molecule has 0 fully saturated rings. The van der Waals surface area contributed by atoms with E-state index < -0.39 is 0 Å². The van der Waals surface area contributed by atoms with E-state index >= 15 is 0 Å². The molecule has 0 saturated carbocycles. The maximum Gasteiger partial charge on any atom is 0.0996 e. The van der Waals surface area contributed by atoms with Gasteiger partial charge in [0.1, 0.15) is 0 Å². The van der Waals surface area contributed by atoms with Crippen molar-refractivity contribution in [3.63, 3.8) is 0 Å². The van der Waals surface area contributed by atoms with E-state index in [1.54, 1.807) is 17.5 Å². The summed E-state index contributed by atoms with van der Waals surface area (Å²) < 4.78 is 2.90. The van der Waals surface area contributed by atoms with E-state index in [2.05, 4.69) is 40.3 Å². The van der Waals surface area contributed by atoms with Crippen molar-refractivity contribution in [1.82, 2.24) is 15.2 Å². The van der Waals surface area contributed by atoms with Crippen LogP contribution < -0.4 is 11.3 Å². The van der Waals surface area contributed by atoms with Gasteiger partial charge in [0.2, 0.25) is 0 Å². The Hall–Kier alpha value is -0.400. The van der Waals surface area contributed by atoms with Crippen LogP contribution in [0.3, 0.4) is 0 Å². The van der Waals surface area contributed by atoms with Crippen LogP contribution in [0.2, 0.25) is 5.02 Å². The minimum atomic E-state index is -0.170. The number of nitrogens with two attached hydrogens (primary N) is 1. The first-order valence-corrected chi connectivity index (χ1v) is 7.53. The molecule has 0 aromatic carbocycles. The predicted octanol–water partition coefficient (Wildman–Crippen LogP) is 3.49. The van der Waals surface area contributed by atoms with Gasteiger partial charge in [0, 0.05) is 15.4 Å². The van der Waals surface area contributed by atoms with Gasteiger partial charge in [0.15, 0.2) is 0 Å². The molecule has 1 unspecified atom stereocenters. The summed E-state index contributed by atoms with van der Waals surface area (Å²) in [6.07, 6.45) is 1.66. The molecule has 0 aliphatic heterocycles. The smallest absolute Gasteiger partial charge is 0.0996 e. The fourth-order valence-electron chi connectivity index (χ4n) is 1.82. The lowest BCUT2D eigenvalue weighted by Gasteiger charge is -2.19. The standard InChI is InChI=1S/C11H14BrClN4S/c1-6(2)17-10(8(13)5-15-17)9(16-14)11-7(12)3-4-18-11/h3-6,9,16H,14H2,1-2H3. The molecule has 3 N–H and O–H groups in total. The Kier molecular flexibility index (Phi) is 4.45. The summed E-state index contributed by atoms with van der Waals surface area (Å²) in [7, 11) is 0. The number of halogens is 2. The molecule has 98 valence electrons. The second kappa shape index (κ2) is 5.71. The summed E-state index contributed by atoms with van der Waals surface area (Å²) in [5.41, 5.74) is 3.71. The van der Waals surface area contributed by atoms with Crippen molar-refractivity contribution in [3.8, 4) is 0 Å². The van der Waals surface area contributed by atoms with Gasteiger partial charge in [-0.05, 0) is 41.2 Å². The topological polar surface area (TPSA) is 55.9 Å². The highest BCUT2D eigenvalue weighted by Gasteiger charge is 2.24. The van der Waals surface area contributed by atoms with E-state index in [1.165, 1.54) is 0 Å². The SMILES string of the molecule is CC(C)n1ncc(Cl)c1C(NN)c1sccc1Br. The molecule has 4 nitrogen and oxygen atoms in total. The van der Waals surface area contributed by atoms with Crippen molar-refractivity contribution in [2.24, 2.45) is 5.84 Å². The van der Waals surface area contributed by atoms with Crippen molar-refractivity contribution >= 4 is 38.9 Å². The molecule has 7 heteroatoms. The fourth-order valence-corrected chi connectivity index (χ4v) is 3.73. The van der Waals surface area contributed by atoms with E-state index in [0.29, 0.717) is 5.02 Å². The van der Waals surface area contributed by atoms with Crippen molar-refractivity contribution in [2.75, 3.05) is 0 Å². The molecule has 1 atom stereocenters. The molecule has 2 aromatic heterocycles. The Bertz CT molecular complexity index is 537. The lowest BCUT2D eigenvalue weighted by molar-refractivity contribution is 0.478. The highest BCUT2D eigenvalue weighted by Crippen LogP contribution is 2.36. The monoisotopic (exact) mass is 348 g/mol. The summed E-state index contributed by atoms with van der Waals surface area (Å²) in [6, 6.07) is 2.05. The molecule has 0 spiro atoms. The predicted molar refractivity (Wildman–Crippen MR) is 78.8 cm³/mol. The minimum Gasteiger partial charge on any atom is -0.270 e. The molecular weight excluding hydrogens is 336 g/mol. The number of nitrogens with one attached hydrogen (secondary N) is 1. The number of hydrazine groups is 1. The summed E-state index contributed by atoms with van der Waals surface area (Å²) in [5.74, 6) is 5.70. The summed E-state index contributed by atoms with van der Waals surface area (Å²) in [5, 5.41) is 6.93. The first-order valence-electron chi connectivity index (χ1n) is 5.48. The van der Waals surface area contributed by atoms with Crippen molar-refractivity contribution in [2.45, 2.75) is 25.9 Å². The van der Waals surface area contributed by atoms with Gasteiger partial charge in [0.05, 0.1) is 23.0 Å². The molecule has 18 heavy (non-hydrogen) atoms. The third-order valence-corrected chi connectivity index (χ3v) is 4.85. The average molecular weight is 350 g/mol. The number of aromatic nitrogens is 2. The summed E-state index contributed by atoms with van der Waals surface area (Å²) in [6.45, 7) is 4.12. The third-order valence-electron chi connectivity index (χ3n) is 2.62. The van der Waals surface area contributed by atoms with Crippen LogP contribution in [0.15, 0.2) is 22.1 Å². The van der Waals surface area contributed by atoms with Crippen LogP contribution in [-0.2, 0) is 0 Å². The quantitative estimate of drug-likeness (QED) is 0.656. The lowest BCUT2D eigenvalue weighted by Crippen LogP contribution is -2.31. The molecule has 0 aliphatic carbocycles. The number of hydrogen-bond acceptors (Lipinski definition) is 4. The van der Waals surface area contributed by atoms with Gasteiger partial charge < -0.3 is 0 Å². The Morgan fingerprint density at radius 1 is 1.56 bits per heavy atom. The first kappa shape index (κ1) is 14.0. The normalized spacial score (nSPS) is 13.2. The zero-order valence-electron chi connectivity index (χ0n) is 10.0. The van der Waals surface area contributed by atoms with Gasteiger partial charge in [-0.15, -0.1) is 11.3 Å². The van der Waals surface area contributed by atoms with Gasteiger partial charge in [-0.2, -0.15) is 5.10 Å². The van der Waals surface area contributed by atoms with Gasteiger partial charge in [-0.3, -0.25) is 10.5 Å². The van der Waals surface area contributed by atoms with Crippen LogP contribution in [-0.4, -0.2) is 9.78 Å². The summed E-state index contributed by atoms with van der Waals surface area (Å²) in [4.78, 5) is 1.09. The molecule has 0 saturated heterocycles. The fraction of sp³-hybridized carbons (Fsp3) is 0.364. The molecule has 2 heterocycles. The van der Waals surface area contributed by atoms with Crippen LogP contribution in [0.5, 0.6) is 0 Å². The second-order valence-electron chi connectivity index (χ2n) is 4.15. The Morgan fingerprint density at radius 3 is 2.78 bits per heavy atom. The maximum atomic E-state index is 6.24. The van der Waals surface area contributed by atoms with Gasteiger partial charge >= 0.3 is 0 Å². The third kappa shape index (κ3) is 2.48. The molecular formula is C11H14BrClN4S. The first-order chi connectivity index (χ1) is 8.56. The van der Waals surface area contributed by atoms with E-state index in [4.69, 9.17) is 17.4 Å². The zero-order valence-corrected chi connectivity index (χ0v) is 13.2. The highest BCUT2D eigenvalue weighted by atomic mass is 79.9. The largest absolute Gasteiger partial charge is 0.270 e. The van der Waals surface area contributed by atoms with Crippen LogP contribution >= 0.6 is 38.9 Å². The van der Waals surface area contributed by atoms with Gasteiger partial charge in [-0.25, -0.2) is 5.43 Å². The Balaban J connectivity index is 2.52. The highest BCUT2D eigenvalue weighted by molar-refractivity contribution is 9.10. The number of hydrogen-bond donors (Lipinski definition) is 2. The average Bonchev–Trinajstić information content (AvgIpc) is 2.89. The van der Waals surface area contributed by atoms with E-state index in [1.807, 2.05) is 16.1 Å². The van der Waals surface area contributed by atoms with Crippen molar-refractivity contribution < 1.29 is 0 Å². The van der Waals surface area contributed by atoms with Crippen LogP contribution in [0.1, 0.15) is 36.5 Å². The van der Waals surface area contributed by atoms with Crippen LogP contribution in [0.4, 0.5) is 0 Å². The summed E-state index contributed by atoms with van der Waals surface area (Å²) >= 11 is 11.4. The van der Waals surface area contributed by atoms with Gasteiger partial charge in [-0.1, -0.05) is 11.6 Å². The number of nitrogens with zero attached hydrogens (tertiary/aromatic N) is 2. The maximum absolute atomic E-state index is 6.24. The molecule has 0 amide bonds. The molecule has 2 aromatic rings. The van der Waals surface area contributed by atoms with E-state index in [9.17, 15) is 0 Å². The molecule has 0 aliphatic rings. The van der Waals surface area contributed by atoms with Crippen molar-refractivity contribution in [1.29, 1.82) is 0 Å². The zero-order chi connectivity index (χ0) is 13.3. The molecule has 0 radical (unpaired) electrons. The lowest BCUT2D eigenvalue weighted by atomic mass is 10.1. The Labute approximate surface area is 123 Å². The van der Waals surface area contributed by atoms with Crippen LogP contribution in [0, 0.1) is 0 Å². The van der Waals surface area contributed by atoms with E-state index in [0.717, 1.165) is 15.0 Å². The van der Waals surface area contributed by atoms with Crippen molar-refractivity contribution in [3.05, 3.63) is 37.7 Å². The van der Waals surface area contributed by atoms with Gasteiger partial charge in [0.25, 0.3) is 0 Å². The Morgan fingerprint density at radius 2 is 2.28 bits per heavy atom. The molecule has 2 rings (SSSR count). The molecule has 0 bridgehead atoms. The van der Waals surface area contributed by atoms with Crippen LogP contribution in [0.25, 0.3) is 0 Å². The second-order valence-corrected chi connectivity index (χ2v) is 6.36.